The Morgan fingerprint density at radius 1 is 0.828 bits per heavy atom. The van der Waals surface area contributed by atoms with Crippen LogP contribution < -0.4 is 0 Å². The van der Waals surface area contributed by atoms with Crippen molar-refractivity contribution in [2.45, 2.75) is 59.3 Å². The van der Waals surface area contributed by atoms with Crippen LogP contribution in [0.15, 0.2) is 24.3 Å². The van der Waals surface area contributed by atoms with E-state index < -0.39 is 0 Å². The van der Waals surface area contributed by atoms with Gasteiger partial charge in [-0.25, -0.2) is 0 Å². The highest BCUT2D eigenvalue weighted by molar-refractivity contribution is 5.94. The van der Waals surface area contributed by atoms with Crippen LogP contribution in [0.4, 0.5) is 0 Å². The van der Waals surface area contributed by atoms with Crippen molar-refractivity contribution in [2.75, 3.05) is 26.2 Å². The lowest BCUT2D eigenvalue weighted by Gasteiger charge is -2.65. The SMILES string of the molecule is Cc1ccc(C(=O)N2CCN(C(=O)C34CC5CC(C)(CC(C)(C5)C3)C4)CC2)cc1. The molecular weight excluding hydrogens is 360 g/mol. The van der Waals surface area contributed by atoms with Gasteiger partial charge in [0.2, 0.25) is 5.91 Å². The van der Waals surface area contributed by atoms with E-state index in [1.54, 1.807) is 0 Å². The molecule has 1 saturated heterocycles. The van der Waals surface area contributed by atoms with Gasteiger partial charge in [-0.1, -0.05) is 31.5 Å². The second kappa shape index (κ2) is 6.33. The monoisotopic (exact) mass is 394 g/mol. The smallest absolute Gasteiger partial charge is 0.253 e. The fraction of sp³-hybridized carbons (Fsp3) is 0.680. The Hall–Kier alpha value is -1.84. The maximum atomic E-state index is 13.7. The highest BCUT2D eigenvalue weighted by atomic mass is 16.2. The molecule has 0 N–H and O–H groups in total. The molecule has 0 aromatic heterocycles. The molecule has 4 heteroatoms. The molecular formula is C25H34N2O2. The molecule has 1 aliphatic heterocycles. The first-order valence-electron chi connectivity index (χ1n) is 11.3. The van der Waals surface area contributed by atoms with E-state index >= 15 is 0 Å². The summed E-state index contributed by atoms with van der Waals surface area (Å²) in [6.45, 7) is 9.53. The number of piperazine rings is 1. The number of hydrogen-bond donors (Lipinski definition) is 0. The predicted octanol–water partition coefficient (Wildman–Crippen LogP) is 4.28. The normalized spacial score (nSPS) is 38.4. The summed E-state index contributed by atoms with van der Waals surface area (Å²) in [4.78, 5) is 30.6. The van der Waals surface area contributed by atoms with E-state index in [0.29, 0.717) is 42.9 Å². The van der Waals surface area contributed by atoms with E-state index in [1.807, 2.05) is 36.1 Å². The molecule has 29 heavy (non-hydrogen) atoms. The molecule has 0 spiro atoms. The first-order valence-corrected chi connectivity index (χ1v) is 11.3. The summed E-state index contributed by atoms with van der Waals surface area (Å²) in [6.07, 6.45) is 7.18. The van der Waals surface area contributed by atoms with E-state index in [1.165, 1.54) is 19.3 Å². The Morgan fingerprint density at radius 3 is 1.93 bits per heavy atom. The van der Waals surface area contributed by atoms with Crippen LogP contribution in [0.5, 0.6) is 0 Å². The molecule has 6 rings (SSSR count). The Balaban J connectivity index is 1.27. The van der Waals surface area contributed by atoms with Gasteiger partial charge in [0.25, 0.3) is 5.91 Å². The van der Waals surface area contributed by atoms with Crippen molar-refractivity contribution in [3.05, 3.63) is 35.4 Å². The second-order valence-electron chi connectivity index (χ2n) is 11.4. The molecule has 1 aromatic rings. The lowest BCUT2D eigenvalue weighted by atomic mass is 9.40. The molecule has 2 amide bonds. The molecule has 4 bridgehead atoms. The highest BCUT2D eigenvalue weighted by Crippen LogP contribution is 2.69. The van der Waals surface area contributed by atoms with Crippen molar-refractivity contribution in [1.29, 1.82) is 0 Å². The van der Waals surface area contributed by atoms with Crippen LogP contribution >= 0.6 is 0 Å². The predicted molar refractivity (Wildman–Crippen MR) is 114 cm³/mol. The van der Waals surface area contributed by atoms with E-state index in [0.717, 1.165) is 36.3 Å². The number of amides is 2. The zero-order valence-electron chi connectivity index (χ0n) is 18.2. The molecule has 5 aliphatic rings. The lowest BCUT2D eigenvalue weighted by Crippen LogP contribution is -2.62. The van der Waals surface area contributed by atoms with Gasteiger partial charge in [-0.3, -0.25) is 9.59 Å². The van der Waals surface area contributed by atoms with Crippen LogP contribution in [0.2, 0.25) is 0 Å². The van der Waals surface area contributed by atoms with Crippen LogP contribution in [0.1, 0.15) is 68.3 Å². The average Bonchev–Trinajstić information content (AvgIpc) is 2.65. The van der Waals surface area contributed by atoms with Crippen molar-refractivity contribution in [3.8, 4) is 0 Å². The van der Waals surface area contributed by atoms with Crippen molar-refractivity contribution in [1.82, 2.24) is 9.80 Å². The number of rotatable bonds is 2. The van der Waals surface area contributed by atoms with Gasteiger partial charge in [0.15, 0.2) is 0 Å². The molecule has 2 atom stereocenters. The maximum absolute atomic E-state index is 13.7. The van der Waals surface area contributed by atoms with Gasteiger partial charge >= 0.3 is 0 Å². The highest BCUT2D eigenvalue weighted by Gasteiger charge is 2.63. The van der Waals surface area contributed by atoms with E-state index in [9.17, 15) is 9.59 Å². The number of carbonyl (C=O) groups is 2. The molecule has 156 valence electrons. The fourth-order valence-corrected chi connectivity index (χ4v) is 8.01. The zero-order valence-corrected chi connectivity index (χ0v) is 18.2. The first kappa shape index (κ1) is 19.1. The molecule has 4 nitrogen and oxygen atoms in total. The standard InChI is InChI=1S/C25H34N2O2/c1-18-4-6-20(7-5-18)21(28)26-8-10-27(11-9-26)22(29)25-14-19-12-23(2,16-25)15-24(3,13-19)17-25/h4-7,19H,8-17H2,1-3H3. The van der Waals surface area contributed by atoms with Crippen molar-refractivity contribution >= 4 is 11.8 Å². The topological polar surface area (TPSA) is 40.6 Å². The number of carbonyl (C=O) groups excluding carboxylic acids is 2. The Labute approximate surface area is 174 Å². The maximum Gasteiger partial charge on any atom is 0.253 e. The fourth-order valence-electron chi connectivity index (χ4n) is 8.01. The Bertz CT molecular complexity index is 819. The minimum Gasteiger partial charge on any atom is -0.339 e. The second-order valence-corrected chi connectivity index (χ2v) is 11.4. The Kier molecular flexibility index (Phi) is 4.18. The third-order valence-corrected chi connectivity index (χ3v) is 8.23. The van der Waals surface area contributed by atoms with Gasteiger partial charge in [-0.15, -0.1) is 0 Å². The molecule has 2 unspecified atom stereocenters. The summed E-state index contributed by atoms with van der Waals surface area (Å²) in [7, 11) is 0. The largest absolute Gasteiger partial charge is 0.339 e. The van der Waals surface area contributed by atoms with Crippen LogP contribution in [0.25, 0.3) is 0 Å². The molecule has 5 fully saturated rings. The molecule has 4 saturated carbocycles. The summed E-state index contributed by atoms with van der Waals surface area (Å²) in [6, 6.07) is 7.79. The van der Waals surface area contributed by atoms with Gasteiger partial charge in [0, 0.05) is 31.7 Å². The third-order valence-electron chi connectivity index (χ3n) is 8.23. The zero-order chi connectivity index (χ0) is 20.4. The van der Waals surface area contributed by atoms with Crippen LogP contribution in [-0.2, 0) is 4.79 Å². The van der Waals surface area contributed by atoms with Gasteiger partial charge < -0.3 is 9.80 Å². The summed E-state index contributed by atoms with van der Waals surface area (Å²) in [5.74, 6) is 1.21. The quantitative estimate of drug-likeness (QED) is 0.751. The first-order chi connectivity index (χ1) is 13.7. The number of benzene rings is 1. The third kappa shape index (κ3) is 3.19. The molecule has 1 heterocycles. The van der Waals surface area contributed by atoms with Crippen LogP contribution in [0.3, 0.4) is 0 Å². The van der Waals surface area contributed by atoms with Crippen molar-refractivity contribution in [2.24, 2.45) is 22.2 Å². The van der Waals surface area contributed by atoms with E-state index in [4.69, 9.17) is 0 Å². The van der Waals surface area contributed by atoms with E-state index in [-0.39, 0.29) is 11.3 Å². The minimum atomic E-state index is -0.133. The van der Waals surface area contributed by atoms with Gasteiger partial charge in [-0.2, -0.15) is 0 Å². The number of nitrogens with zero attached hydrogens (tertiary/aromatic N) is 2. The number of hydrogen-bond acceptors (Lipinski definition) is 2. The summed E-state index contributed by atoms with van der Waals surface area (Å²) in [5, 5.41) is 0. The van der Waals surface area contributed by atoms with Gasteiger partial charge in [-0.05, 0) is 74.3 Å². The van der Waals surface area contributed by atoms with Crippen molar-refractivity contribution in [3.63, 3.8) is 0 Å². The number of aryl methyl sites for hydroxylation is 1. The van der Waals surface area contributed by atoms with Gasteiger partial charge in [0.1, 0.15) is 0 Å². The lowest BCUT2D eigenvalue weighted by molar-refractivity contribution is -0.180. The van der Waals surface area contributed by atoms with Crippen molar-refractivity contribution < 1.29 is 9.59 Å². The summed E-state index contributed by atoms with van der Waals surface area (Å²) in [5.41, 5.74) is 2.49. The minimum absolute atomic E-state index is 0.0897. The average molecular weight is 395 g/mol. The molecule has 0 radical (unpaired) electrons. The summed E-state index contributed by atoms with van der Waals surface area (Å²) < 4.78 is 0. The van der Waals surface area contributed by atoms with Crippen LogP contribution in [0, 0.1) is 29.1 Å². The van der Waals surface area contributed by atoms with Crippen LogP contribution in [-0.4, -0.2) is 47.8 Å². The summed E-state index contributed by atoms with van der Waals surface area (Å²) >= 11 is 0. The molecule has 4 aliphatic carbocycles. The molecule has 1 aromatic carbocycles. The van der Waals surface area contributed by atoms with Gasteiger partial charge in [0.05, 0.1) is 5.41 Å². The Morgan fingerprint density at radius 2 is 1.38 bits per heavy atom. The van der Waals surface area contributed by atoms with E-state index in [2.05, 4.69) is 18.7 Å².